The third-order valence-electron chi connectivity index (χ3n) is 4.64. The van der Waals surface area contributed by atoms with Crippen LogP contribution in [0.25, 0.3) is 22.2 Å². The molecule has 28 heavy (non-hydrogen) atoms. The van der Waals surface area contributed by atoms with E-state index in [-0.39, 0.29) is 11.9 Å². The lowest BCUT2D eigenvalue weighted by molar-refractivity contribution is 0.0941. The van der Waals surface area contributed by atoms with Crippen LogP contribution in [0.15, 0.2) is 79.1 Å². The van der Waals surface area contributed by atoms with Gasteiger partial charge in [-0.2, -0.15) is 0 Å². The molecule has 0 saturated heterocycles. The van der Waals surface area contributed by atoms with Gasteiger partial charge in [-0.15, -0.1) is 0 Å². The van der Waals surface area contributed by atoms with Gasteiger partial charge in [0, 0.05) is 28.4 Å². The molecule has 0 aliphatic carbocycles. The van der Waals surface area contributed by atoms with Crippen molar-refractivity contribution in [2.45, 2.75) is 13.0 Å². The molecule has 138 valence electrons. The smallest absolute Gasteiger partial charge is 0.252 e. The SMILES string of the molecule is CC(NC(=O)c1cc(-c2ccccc2)nc2ccncc12)c1ccccc1Cl. The lowest BCUT2D eigenvalue weighted by Crippen LogP contribution is -2.27. The normalized spacial score (nSPS) is 11.9. The molecule has 4 nitrogen and oxygen atoms in total. The molecule has 0 bridgehead atoms. The highest BCUT2D eigenvalue weighted by molar-refractivity contribution is 6.31. The Morgan fingerprint density at radius 3 is 2.57 bits per heavy atom. The van der Waals surface area contributed by atoms with Crippen LogP contribution in [0.1, 0.15) is 28.9 Å². The number of rotatable bonds is 4. The van der Waals surface area contributed by atoms with Crippen LogP contribution in [0.3, 0.4) is 0 Å². The third kappa shape index (κ3) is 3.59. The van der Waals surface area contributed by atoms with Gasteiger partial charge in [0.15, 0.2) is 0 Å². The fourth-order valence-electron chi connectivity index (χ4n) is 3.19. The third-order valence-corrected chi connectivity index (χ3v) is 4.99. The Kier molecular flexibility index (Phi) is 5.04. The van der Waals surface area contributed by atoms with Gasteiger partial charge in [0.2, 0.25) is 0 Å². The fraction of sp³-hybridized carbons (Fsp3) is 0.0870. The summed E-state index contributed by atoms with van der Waals surface area (Å²) in [5.74, 6) is -0.190. The van der Waals surface area contributed by atoms with Crippen molar-refractivity contribution >= 4 is 28.4 Å². The van der Waals surface area contributed by atoms with Gasteiger partial charge in [-0.25, -0.2) is 4.98 Å². The van der Waals surface area contributed by atoms with Crippen LogP contribution in [0.4, 0.5) is 0 Å². The molecule has 0 radical (unpaired) electrons. The molecule has 2 aromatic heterocycles. The number of halogens is 1. The maximum Gasteiger partial charge on any atom is 0.252 e. The zero-order valence-electron chi connectivity index (χ0n) is 15.3. The average Bonchev–Trinajstić information content (AvgIpc) is 2.73. The minimum Gasteiger partial charge on any atom is -0.345 e. The van der Waals surface area contributed by atoms with Gasteiger partial charge in [0.25, 0.3) is 5.91 Å². The lowest BCUT2D eigenvalue weighted by atomic mass is 10.0. The van der Waals surface area contributed by atoms with Crippen molar-refractivity contribution in [1.82, 2.24) is 15.3 Å². The number of hydrogen-bond donors (Lipinski definition) is 1. The quantitative estimate of drug-likeness (QED) is 0.507. The zero-order valence-corrected chi connectivity index (χ0v) is 16.0. The van der Waals surface area contributed by atoms with Gasteiger partial charge in [0.1, 0.15) is 0 Å². The van der Waals surface area contributed by atoms with Crippen LogP contribution < -0.4 is 5.32 Å². The van der Waals surface area contributed by atoms with Crippen molar-refractivity contribution < 1.29 is 4.79 Å². The summed E-state index contributed by atoms with van der Waals surface area (Å²) in [5, 5.41) is 4.39. The monoisotopic (exact) mass is 387 g/mol. The Morgan fingerprint density at radius 2 is 1.79 bits per heavy atom. The van der Waals surface area contributed by atoms with E-state index in [2.05, 4.69) is 10.3 Å². The summed E-state index contributed by atoms with van der Waals surface area (Å²) in [4.78, 5) is 22.0. The molecular weight excluding hydrogens is 370 g/mol. The van der Waals surface area contributed by atoms with Crippen LogP contribution in [0.2, 0.25) is 5.02 Å². The van der Waals surface area contributed by atoms with Crippen LogP contribution in [0, 0.1) is 0 Å². The molecule has 0 aliphatic rings. The fourth-order valence-corrected chi connectivity index (χ4v) is 3.49. The second-order valence-corrected chi connectivity index (χ2v) is 6.94. The van der Waals surface area contributed by atoms with E-state index in [1.807, 2.05) is 73.7 Å². The first-order valence-corrected chi connectivity index (χ1v) is 9.37. The second kappa shape index (κ2) is 7.79. The molecule has 2 heterocycles. The average molecular weight is 388 g/mol. The number of hydrogen-bond acceptors (Lipinski definition) is 3. The molecule has 0 spiro atoms. The Bertz CT molecular complexity index is 1140. The first-order valence-electron chi connectivity index (χ1n) is 8.99. The molecule has 0 saturated carbocycles. The predicted molar refractivity (Wildman–Crippen MR) is 112 cm³/mol. The minimum atomic E-state index is -0.235. The van der Waals surface area contributed by atoms with Gasteiger partial charge >= 0.3 is 0 Å². The largest absolute Gasteiger partial charge is 0.345 e. The summed E-state index contributed by atoms with van der Waals surface area (Å²) in [7, 11) is 0. The van der Waals surface area contributed by atoms with E-state index in [1.165, 1.54) is 0 Å². The maximum atomic E-state index is 13.1. The summed E-state index contributed by atoms with van der Waals surface area (Å²) in [6.07, 6.45) is 3.35. The van der Waals surface area contributed by atoms with E-state index >= 15 is 0 Å². The maximum absolute atomic E-state index is 13.1. The van der Waals surface area contributed by atoms with E-state index in [0.717, 1.165) is 22.3 Å². The number of benzene rings is 2. The van der Waals surface area contributed by atoms with Crippen molar-refractivity contribution in [1.29, 1.82) is 0 Å². The number of aromatic nitrogens is 2. The van der Waals surface area contributed by atoms with Gasteiger partial charge in [-0.3, -0.25) is 9.78 Å². The van der Waals surface area contributed by atoms with Crippen molar-refractivity contribution in [2.24, 2.45) is 0 Å². The van der Waals surface area contributed by atoms with E-state index in [4.69, 9.17) is 16.6 Å². The molecule has 1 N–H and O–H groups in total. The van der Waals surface area contributed by atoms with Crippen molar-refractivity contribution in [3.8, 4) is 11.3 Å². The first kappa shape index (κ1) is 18.1. The van der Waals surface area contributed by atoms with Crippen molar-refractivity contribution in [2.75, 3.05) is 0 Å². The summed E-state index contributed by atoms with van der Waals surface area (Å²) in [6.45, 7) is 1.92. The molecule has 0 fully saturated rings. The number of carbonyl (C=O) groups excluding carboxylic acids is 1. The standard InChI is InChI=1S/C23H18ClN3O/c1-15(17-9-5-6-10-20(17)24)26-23(28)18-13-22(16-7-3-2-4-8-16)27-21-11-12-25-14-19(18)21/h2-15H,1H3,(H,26,28). The highest BCUT2D eigenvalue weighted by atomic mass is 35.5. The van der Waals surface area contributed by atoms with E-state index < -0.39 is 0 Å². The number of carbonyl (C=O) groups is 1. The molecule has 1 atom stereocenters. The Morgan fingerprint density at radius 1 is 1.04 bits per heavy atom. The van der Waals surface area contributed by atoms with Crippen molar-refractivity contribution in [3.05, 3.63) is 95.3 Å². The summed E-state index contributed by atoms with van der Waals surface area (Å²) < 4.78 is 0. The number of pyridine rings is 2. The first-order chi connectivity index (χ1) is 13.6. The summed E-state index contributed by atoms with van der Waals surface area (Å²) in [6, 6.07) is 20.7. The topological polar surface area (TPSA) is 54.9 Å². The zero-order chi connectivity index (χ0) is 19.5. The van der Waals surface area contributed by atoms with E-state index in [0.29, 0.717) is 16.0 Å². The van der Waals surface area contributed by atoms with Crippen LogP contribution in [-0.2, 0) is 0 Å². The van der Waals surface area contributed by atoms with Gasteiger partial charge < -0.3 is 5.32 Å². The minimum absolute atomic E-state index is 0.190. The van der Waals surface area contributed by atoms with Crippen LogP contribution in [-0.4, -0.2) is 15.9 Å². The van der Waals surface area contributed by atoms with E-state index in [9.17, 15) is 4.79 Å². The van der Waals surface area contributed by atoms with Crippen molar-refractivity contribution in [3.63, 3.8) is 0 Å². The molecule has 1 amide bonds. The van der Waals surface area contributed by atoms with Crippen LogP contribution >= 0.6 is 11.6 Å². The van der Waals surface area contributed by atoms with Gasteiger partial charge in [-0.05, 0) is 30.7 Å². The number of fused-ring (bicyclic) bond motifs is 1. The number of nitrogens with one attached hydrogen (secondary N) is 1. The van der Waals surface area contributed by atoms with Gasteiger partial charge in [-0.1, -0.05) is 60.1 Å². The predicted octanol–water partition coefficient (Wildman–Crippen LogP) is 5.44. The Balaban J connectivity index is 1.75. The molecule has 2 aromatic carbocycles. The molecule has 4 rings (SSSR count). The summed E-state index contributed by atoms with van der Waals surface area (Å²) in [5.41, 5.74) is 3.84. The highest BCUT2D eigenvalue weighted by Gasteiger charge is 2.18. The van der Waals surface area contributed by atoms with Gasteiger partial charge in [0.05, 0.1) is 22.8 Å². The lowest BCUT2D eigenvalue weighted by Gasteiger charge is -2.17. The van der Waals surface area contributed by atoms with Crippen LogP contribution in [0.5, 0.6) is 0 Å². The Hall–Kier alpha value is -3.24. The molecule has 1 unspecified atom stereocenters. The number of amides is 1. The highest BCUT2D eigenvalue weighted by Crippen LogP contribution is 2.26. The number of nitrogens with zero attached hydrogens (tertiary/aromatic N) is 2. The molecule has 5 heteroatoms. The van der Waals surface area contributed by atoms with E-state index in [1.54, 1.807) is 12.4 Å². The Labute approximate surface area is 168 Å². The second-order valence-electron chi connectivity index (χ2n) is 6.53. The molecule has 0 aliphatic heterocycles. The molecular formula is C23H18ClN3O. The summed E-state index contributed by atoms with van der Waals surface area (Å²) >= 11 is 6.28. The molecule has 4 aromatic rings.